The van der Waals surface area contributed by atoms with E-state index < -0.39 is 0 Å². The summed E-state index contributed by atoms with van der Waals surface area (Å²) in [7, 11) is 0. The number of rotatable bonds is 6. The van der Waals surface area contributed by atoms with E-state index in [0.29, 0.717) is 13.2 Å². The molecule has 108 valence electrons. The van der Waals surface area contributed by atoms with E-state index in [0.717, 1.165) is 35.4 Å². The van der Waals surface area contributed by atoms with Crippen LogP contribution in [-0.4, -0.2) is 31.1 Å². The Hall–Kier alpha value is -1.52. The Morgan fingerprint density at radius 2 is 2.00 bits per heavy atom. The quantitative estimate of drug-likeness (QED) is 0.823. The minimum atomic E-state index is 0.371. The fourth-order valence-electron chi connectivity index (χ4n) is 2.83. The minimum absolute atomic E-state index is 0.371. The van der Waals surface area contributed by atoms with Gasteiger partial charge in [-0.05, 0) is 44.5 Å². The van der Waals surface area contributed by atoms with Crippen molar-refractivity contribution in [2.45, 2.75) is 25.8 Å². The summed E-state index contributed by atoms with van der Waals surface area (Å²) in [6.45, 7) is 4.68. The van der Waals surface area contributed by atoms with Gasteiger partial charge >= 0.3 is 0 Å². The molecule has 1 fully saturated rings. The van der Waals surface area contributed by atoms with Gasteiger partial charge in [-0.2, -0.15) is 0 Å². The highest BCUT2D eigenvalue weighted by molar-refractivity contribution is 5.85. The van der Waals surface area contributed by atoms with Crippen molar-refractivity contribution < 1.29 is 9.15 Å². The number of para-hydroxylation sites is 1. The standard InChI is InChI=1S/C16H22N2O2/c17-12-15-16(13-6-1-2-7-14(13)20-15)19-11-5-10-18-8-3-4-9-18/h1-2,6-7H,3-5,8-12,17H2. The molecule has 0 amide bonds. The van der Waals surface area contributed by atoms with Crippen LogP contribution < -0.4 is 10.5 Å². The SMILES string of the molecule is NCc1oc2ccccc2c1OCCCN1CCCC1. The zero-order valence-electron chi connectivity index (χ0n) is 11.8. The first-order valence-corrected chi connectivity index (χ1v) is 7.44. The van der Waals surface area contributed by atoms with Gasteiger partial charge in [0.25, 0.3) is 0 Å². The summed E-state index contributed by atoms with van der Waals surface area (Å²) in [5.74, 6) is 1.57. The highest BCUT2D eigenvalue weighted by atomic mass is 16.5. The molecule has 0 bridgehead atoms. The number of hydrogen-bond acceptors (Lipinski definition) is 4. The number of nitrogens with zero attached hydrogens (tertiary/aromatic N) is 1. The molecule has 0 spiro atoms. The van der Waals surface area contributed by atoms with Crippen LogP contribution in [0.1, 0.15) is 25.0 Å². The number of fused-ring (bicyclic) bond motifs is 1. The Bertz CT molecular complexity index is 559. The summed E-state index contributed by atoms with van der Waals surface area (Å²) in [4.78, 5) is 2.50. The Morgan fingerprint density at radius 1 is 1.20 bits per heavy atom. The number of likely N-dealkylation sites (tertiary alicyclic amines) is 1. The molecule has 2 aromatic rings. The molecule has 1 aliphatic heterocycles. The zero-order valence-corrected chi connectivity index (χ0v) is 11.8. The molecule has 4 nitrogen and oxygen atoms in total. The fraction of sp³-hybridized carbons (Fsp3) is 0.500. The van der Waals surface area contributed by atoms with Crippen molar-refractivity contribution in [3.8, 4) is 5.75 Å². The van der Waals surface area contributed by atoms with E-state index in [2.05, 4.69) is 4.90 Å². The van der Waals surface area contributed by atoms with Crippen LogP contribution in [0.5, 0.6) is 5.75 Å². The number of furan rings is 1. The van der Waals surface area contributed by atoms with E-state index in [-0.39, 0.29) is 0 Å². The molecular weight excluding hydrogens is 252 g/mol. The number of hydrogen-bond donors (Lipinski definition) is 1. The third-order valence-corrected chi connectivity index (χ3v) is 3.87. The van der Waals surface area contributed by atoms with E-state index in [1.165, 1.54) is 25.9 Å². The van der Waals surface area contributed by atoms with Crippen molar-refractivity contribution in [2.75, 3.05) is 26.2 Å². The predicted molar refractivity (Wildman–Crippen MR) is 79.9 cm³/mol. The van der Waals surface area contributed by atoms with E-state index in [1.54, 1.807) is 0 Å². The van der Waals surface area contributed by atoms with Crippen LogP contribution in [0.2, 0.25) is 0 Å². The van der Waals surface area contributed by atoms with Gasteiger partial charge in [0.15, 0.2) is 11.5 Å². The third kappa shape index (κ3) is 2.81. The predicted octanol–water partition coefficient (Wildman–Crippen LogP) is 2.76. The summed E-state index contributed by atoms with van der Waals surface area (Å²) in [6, 6.07) is 7.93. The summed E-state index contributed by atoms with van der Waals surface area (Å²) in [5, 5.41) is 1.02. The maximum absolute atomic E-state index is 5.94. The smallest absolute Gasteiger partial charge is 0.169 e. The second-order valence-electron chi connectivity index (χ2n) is 5.31. The van der Waals surface area contributed by atoms with E-state index in [9.17, 15) is 0 Å². The number of nitrogens with two attached hydrogens (primary N) is 1. The van der Waals surface area contributed by atoms with Gasteiger partial charge in [-0.3, -0.25) is 0 Å². The average Bonchev–Trinajstić information content (AvgIpc) is 3.11. The number of ether oxygens (including phenoxy) is 1. The topological polar surface area (TPSA) is 51.6 Å². The molecule has 20 heavy (non-hydrogen) atoms. The maximum atomic E-state index is 5.94. The monoisotopic (exact) mass is 274 g/mol. The van der Waals surface area contributed by atoms with E-state index in [1.807, 2.05) is 24.3 Å². The van der Waals surface area contributed by atoms with Gasteiger partial charge in [0.2, 0.25) is 0 Å². The summed E-state index contributed by atoms with van der Waals surface area (Å²) >= 11 is 0. The van der Waals surface area contributed by atoms with Crippen molar-refractivity contribution in [1.82, 2.24) is 4.90 Å². The molecule has 1 aliphatic rings. The van der Waals surface area contributed by atoms with E-state index in [4.69, 9.17) is 14.9 Å². The molecule has 2 N–H and O–H groups in total. The van der Waals surface area contributed by atoms with Crippen molar-refractivity contribution in [1.29, 1.82) is 0 Å². The second-order valence-corrected chi connectivity index (χ2v) is 5.31. The molecule has 0 unspecified atom stereocenters. The van der Waals surface area contributed by atoms with Gasteiger partial charge in [0, 0.05) is 6.54 Å². The van der Waals surface area contributed by atoms with Gasteiger partial charge in [0.05, 0.1) is 18.5 Å². The molecule has 2 heterocycles. The first-order valence-electron chi connectivity index (χ1n) is 7.44. The summed E-state index contributed by atoms with van der Waals surface area (Å²) in [5.41, 5.74) is 6.59. The van der Waals surface area contributed by atoms with Crippen LogP contribution in [0.25, 0.3) is 11.0 Å². The van der Waals surface area contributed by atoms with Crippen LogP contribution in [0.15, 0.2) is 28.7 Å². The molecule has 3 rings (SSSR count). The molecule has 0 atom stereocenters. The first-order chi connectivity index (χ1) is 9.88. The Morgan fingerprint density at radius 3 is 2.80 bits per heavy atom. The fourth-order valence-corrected chi connectivity index (χ4v) is 2.83. The Labute approximate surface area is 119 Å². The van der Waals surface area contributed by atoms with Crippen molar-refractivity contribution >= 4 is 11.0 Å². The molecule has 0 radical (unpaired) electrons. The van der Waals surface area contributed by atoms with Crippen LogP contribution in [0.4, 0.5) is 0 Å². The van der Waals surface area contributed by atoms with Gasteiger partial charge in [-0.1, -0.05) is 12.1 Å². The van der Waals surface area contributed by atoms with Crippen LogP contribution >= 0.6 is 0 Å². The average molecular weight is 274 g/mol. The molecule has 1 saturated heterocycles. The van der Waals surface area contributed by atoms with Gasteiger partial charge in [-0.25, -0.2) is 0 Å². The lowest BCUT2D eigenvalue weighted by Gasteiger charge is -2.14. The normalized spacial score (nSPS) is 16.1. The molecule has 0 aliphatic carbocycles. The van der Waals surface area contributed by atoms with Crippen LogP contribution in [-0.2, 0) is 6.54 Å². The number of benzene rings is 1. The summed E-state index contributed by atoms with van der Waals surface area (Å²) < 4.78 is 11.7. The largest absolute Gasteiger partial charge is 0.489 e. The van der Waals surface area contributed by atoms with Crippen molar-refractivity contribution in [3.05, 3.63) is 30.0 Å². The lowest BCUT2D eigenvalue weighted by atomic mass is 10.2. The van der Waals surface area contributed by atoms with Gasteiger partial charge in [0.1, 0.15) is 5.58 Å². The maximum Gasteiger partial charge on any atom is 0.169 e. The van der Waals surface area contributed by atoms with Crippen molar-refractivity contribution in [2.24, 2.45) is 5.73 Å². The molecule has 4 heteroatoms. The molecule has 1 aromatic carbocycles. The van der Waals surface area contributed by atoms with Gasteiger partial charge in [-0.15, -0.1) is 0 Å². The molecule has 1 aromatic heterocycles. The van der Waals surface area contributed by atoms with Crippen LogP contribution in [0, 0.1) is 0 Å². The van der Waals surface area contributed by atoms with Crippen LogP contribution in [0.3, 0.4) is 0 Å². The molecule has 0 saturated carbocycles. The zero-order chi connectivity index (χ0) is 13.8. The Kier molecular flexibility index (Phi) is 4.23. The third-order valence-electron chi connectivity index (χ3n) is 3.87. The highest BCUT2D eigenvalue weighted by Crippen LogP contribution is 2.32. The second kappa shape index (κ2) is 6.29. The van der Waals surface area contributed by atoms with Gasteiger partial charge < -0.3 is 19.8 Å². The molecular formula is C16H22N2O2. The first kappa shape index (κ1) is 13.5. The lowest BCUT2D eigenvalue weighted by molar-refractivity contribution is 0.260. The summed E-state index contributed by atoms with van der Waals surface area (Å²) in [6.07, 6.45) is 3.72. The van der Waals surface area contributed by atoms with E-state index >= 15 is 0 Å². The minimum Gasteiger partial charge on any atom is -0.489 e. The van der Waals surface area contributed by atoms with Crippen molar-refractivity contribution in [3.63, 3.8) is 0 Å². The Balaban J connectivity index is 1.61. The lowest BCUT2D eigenvalue weighted by Crippen LogP contribution is -2.22. The highest BCUT2D eigenvalue weighted by Gasteiger charge is 2.14.